The lowest BCUT2D eigenvalue weighted by atomic mass is 9.90. The summed E-state index contributed by atoms with van der Waals surface area (Å²) in [5.74, 6) is -1.83. The third-order valence-corrected chi connectivity index (χ3v) is 6.73. The van der Waals surface area contributed by atoms with Crippen molar-refractivity contribution in [3.05, 3.63) is 95.6 Å². The molecule has 35 heavy (non-hydrogen) atoms. The molecule has 0 aliphatic heterocycles. The molecule has 0 bridgehead atoms. The summed E-state index contributed by atoms with van der Waals surface area (Å²) in [6.45, 7) is 3.07. The lowest BCUT2D eigenvalue weighted by Gasteiger charge is -2.35. The highest BCUT2D eigenvalue weighted by Crippen LogP contribution is 2.44. The van der Waals surface area contributed by atoms with Gasteiger partial charge in [0.2, 0.25) is 0 Å². The Morgan fingerprint density at radius 1 is 0.943 bits per heavy atom. The first-order chi connectivity index (χ1) is 16.7. The molecule has 4 rings (SSSR count). The Morgan fingerprint density at radius 3 is 2.00 bits per heavy atom. The molecule has 0 radical (unpaired) electrons. The normalized spacial score (nSPS) is 14.7. The molecule has 1 unspecified atom stereocenters. The molecule has 7 heteroatoms. The van der Waals surface area contributed by atoms with Crippen LogP contribution in [0.25, 0.3) is 11.1 Å². The van der Waals surface area contributed by atoms with Gasteiger partial charge in [-0.3, -0.25) is 4.79 Å². The number of hydrogen-bond acceptors (Lipinski definition) is 4. The quantitative estimate of drug-likeness (QED) is 0.532. The molecule has 2 atom stereocenters. The highest BCUT2D eigenvalue weighted by atomic mass is 16.5. The molecular weight excluding hydrogens is 444 g/mol. The van der Waals surface area contributed by atoms with Crippen molar-refractivity contribution in [2.24, 2.45) is 0 Å². The Hall–Kier alpha value is -4.13. The second-order valence-electron chi connectivity index (χ2n) is 8.87. The number of carbonyl (C=O) groups is 3. The molecule has 0 heterocycles. The van der Waals surface area contributed by atoms with Crippen molar-refractivity contribution in [2.45, 2.75) is 31.3 Å². The molecule has 0 spiro atoms. The summed E-state index contributed by atoms with van der Waals surface area (Å²) in [5, 5.41) is 12.1. The SMILES string of the molecule is C[C@@H](C(=O)O)N(C)C(=O)C(C)(NC(=O)OCC1c2ccccc2-c2ccccc21)c1ccccc1. The van der Waals surface area contributed by atoms with Gasteiger partial charge in [-0.05, 0) is 41.7 Å². The zero-order valence-corrected chi connectivity index (χ0v) is 19.9. The average Bonchev–Trinajstić information content (AvgIpc) is 3.20. The summed E-state index contributed by atoms with van der Waals surface area (Å²) in [5.41, 5.74) is 3.39. The summed E-state index contributed by atoms with van der Waals surface area (Å²) in [6, 6.07) is 23.7. The van der Waals surface area contributed by atoms with E-state index in [0.29, 0.717) is 5.56 Å². The number of hydrogen-bond donors (Lipinski definition) is 2. The smallest absolute Gasteiger partial charge is 0.408 e. The number of likely N-dealkylation sites (N-methyl/N-ethyl adjacent to an activating group) is 1. The number of carbonyl (C=O) groups excluding carboxylic acids is 2. The second kappa shape index (κ2) is 9.62. The molecule has 1 aliphatic carbocycles. The second-order valence-corrected chi connectivity index (χ2v) is 8.87. The number of alkyl carbamates (subject to hydrolysis) is 1. The maximum absolute atomic E-state index is 13.4. The van der Waals surface area contributed by atoms with Crippen molar-refractivity contribution in [3.8, 4) is 11.1 Å². The monoisotopic (exact) mass is 472 g/mol. The highest BCUT2D eigenvalue weighted by Gasteiger charge is 2.42. The van der Waals surface area contributed by atoms with Gasteiger partial charge in [-0.15, -0.1) is 0 Å². The van der Waals surface area contributed by atoms with Gasteiger partial charge < -0.3 is 20.1 Å². The third-order valence-electron chi connectivity index (χ3n) is 6.73. The van der Waals surface area contributed by atoms with Crippen LogP contribution in [0.2, 0.25) is 0 Å². The third kappa shape index (κ3) is 4.49. The summed E-state index contributed by atoms with van der Waals surface area (Å²) in [6.07, 6.45) is -0.761. The van der Waals surface area contributed by atoms with Crippen LogP contribution in [0.5, 0.6) is 0 Å². The summed E-state index contributed by atoms with van der Waals surface area (Å²) in [7, 11) is 1.40. The number of nitrogens with zero attached hydrogens (tertiary/aromatic N) is 1. The van der Waals surface area contributed by atoms with Crippen molar-refractivity contribution < 1.29 is 24.2 Å². The van der Waals surface area contributed by atoms with E-state index < -0.39 is 29.6 Å². The number of aliphatic carboxylic acids is 1. The molecule has 0 aromatic heterocycles. The summed E-state index contributed by atoms with van der Waals surface area (Å²) in [4.78, 5) is 39.0. The van der Waals surface area contributed by atoms with Crippen LogP contribution in [-0.4, -0.2) is 47.7 Å². The number of rotatable bonds is 7. The van der Waals surface area contributed by atoms with Crippen molar-refractivity contribution in [1.29, 1.82) is 0 Å². The van der Waals surface area contributed by atoms with E-state index in [9.17, 15) is 19.5 Å². The van der Waals surface area contributed by atoms with E-state index in [0.717, 1.165) is 27.2 Å². The summed E-state index contributed by atoms with van der Waals surface area (Å²) >= 11 is 0. The number of carboxylic acid groups (broad SMARTS) is 1. The first-order valence-electron chi connectivity index (χ1n) is 11.4. The molecule has 0 fully saturated rings. The zero-order valence-electron chi connectivity index (χ0n) is 19.9. The van der Waals surface area contributed by atoms with E-state index in [2.05, 4.69) is 17.4 Å². The van der Waals surface area contributed by atoms with Crippen LogP contribution >= 0.6 is 0 Å². The van der Waals surface area contributed by atoms with Gasteiger partial charge in [0.1, 0.15) is 18.2 Å². The first-order valence-corrected chi connectivity index (χ1v) is 11.4. The minimum Gasteiger partial charge on any atom is -0.480 e. The maximum Gasteiger partial charge on any atom is 0.408 e. The number of amides is 2. The van der Waals surface area contributed by atoms with Crippen LogP contribution in [0.4, 0.5) is 4.79 Å². The number of carboxylic acids is 1. The maximum atomic E-state index is 13.4. The van der Waals surface area contributed by atoms with Crippen LogP contribution in [0, 0.1) is 0 Å². The molecule has 2 N–H and O–H groups in total. The van der Waals surface area contributed by atoms with E-state index in [4.69, 9.17) is 4.74 Å². The van der Waals surface area contributed by atoms with E-state index >= 15 is 0 Å². The number of benzene rings is 3. The molecule has 1 aliphatic rings. The predicted octanol–water partition coefficient (Wildman–Crippen LogP) is 4.37. The largest absolute Gasteiger partial charge is 0.480 e. The predicted molar refractivity (Wildman–Crippen MR) is 132 cm³/mol. The number of nitrogens with one attached hydrogen (secondary N) is 1. The van der Waals surface area contributed by atoms with Crippen LogP contribution in [0.1, 0.15) is 36.5 Å². The van der Waals surface area contributed by atoms with Crippen LogP contribution in [0.3, 0.4) is 0 Å². The fourth-order valence-electron chi connectivity index (χ4n) is 4.55. The highest BCUT2D eigenvalue weighted by molar-refractivity contribution is 5.93. The van der Waals surface area contributed by atoms with Gasteiger partial charge in [0, 0.05) is 13.0 Å². The Balaban J connectivity index is 1.56. The van der Waals surface area contributed by atoms with Crippen molar-refractivity contribution in [2.75, 3.05) is 13.7 Å². The fraction of sp³-hybridized carbons (Fsp3) is 0.250. The molecule has 3 aromatic rings. The minimum atomic E-state index is -1.53. The Morgan fingerprint density at radius 2 is 1.46 bits per heavy atom. The molecular formula is C28H28N2O5. The van der Waals surface area contributed by atoms with Gasteiger partial charge >= 0.3 is 12.1 Å². The Bertz CT molecular complexity index is 1210. The fourth-order valence-corrected chi connectivity index (χ4v) is 4.55. The van der Waals surface area contributed by atoms with Crippen molar-refractivity contribution >= 4 is 18.0 Å². The van der Waals surface area contributed by atoms with Gasteiger partial charge in [-0.2, -0.15) is 0 Å². The molecule has 7 nitrogen and oxygen atoms in total. The van der Waals surface area contributed by atoms with Crippen LogP contribution < -0.4 is 5.32 Å². The molecule has 3 aromatic carbocycles. The van der Waals surface area contributed by atoms with E-state index in [1.54, 1.807) is 37.3 Å². The first kappa shape index (κ1) is 24.0. The van der Waals surface area contributed by atoms with Gasteiger partial charge in [0.05, 0.1) is 0 Å². The standard InChI is InChI=1S/C28H28N2O5/c1-18(25(31)32)30(3)26(33)28(2,19-11-5-4-6-12-19)29-27(34)35-17-24-22-15-9-7-13-20(22)21-14-8-10-16-23(21)24/h4-16,18,24H,17H2,1-3H3,(H,29,34)(H,31,32)/t18-,28?/m0/s1. The van der Waals surface area contributed by atoms with Crippen LogP contribution in [-0.2, 0) is 19.9 Å². The van der Waals surface area contributed by atoms with Gasteiger partial charge in [-0.1, -0.05) is 78.9 Å². The number of ether oxygens (including phenoxy) is 1. The number of fused-ring (bicyclic) bond motifs is 3. The zero-order chi connectivity index (χ0) is 25.2. The minimum absolute atomic E-state index is 0.0975. The van der Waals surface area contributed by atoms with Crippen LogP contribution in [0.15, 0.2) is 78.9 Å². The van der Waals surface area contributed by atoms with Crippen molar-refractivity contribution in [1.82, 2.24) is 10.2 Å². The molecule has 0 saturated carbocycles. The molecule has 2 amide bonds. The van der Waals surface area contributed by atoms with Gasteiger partial charge in [0.25, 0.3) is 5.91 Å². The van der Waals surface area contributed by atoms with Gasteiger partial charge in [-0.25, -0.2) is 9.59 Å². The van der Waals surface area contributed by atoms with Gasteiger partial charge in [0.15, 0.2) is 0 Å². The average molecular weight is 473 g/mol. The Kier molecular flexibility index (Phi) is 6.60. The van der Waals surface area contributed by atoms with E-state index in [1.165, 1.54) is 14.0 Å². The Labute approximate surface area is 204 Å². The molecule has 180 valence electrons. The van der Waals surface area contributed by atoms with E-state index in [1.807, 2.05) is 36.4 Å². The summed E-state index contributed by atoms with van der Waals surface area (Å²) < 4.78 is 5.66. The van der Waals surface area contributed by atoms with E-state index in [-0.39, 0.29) is 12.5 Å². The topological polar surface area (TPSA) is 95.9 Å². The lowest BCUT2D eigenvalue weighted by Crippen LogP contribution is -2.57. The van der Waals surface area contributed by atoms with Crippen molar-refractivity contribution in [3.63, 3.8) is 0 Å². The molecule has 0 saturated heterocycles. The lowest BCUT2D eigenvalue weighted by molar-refractivity contribution is -0.151.